The van der Waals surface area contributed by atoms with Gasteiger partial charge in [0.25, 0.3) is 0 Å². The molecule has 3 N–H and O–H groups in total. The lowest BCUT2D eigenvalue weighted by Gasteiger charge is -2.22. The van der Waals surface area contributed by atoms with E-state index in [4.69, 9.17) is 5.11 Å². The minimum atomic E-state index is -4.98. The van der Waals surface area contributed by atoms with Crippen LogP contribution in [-0.2, 0) is 10.0 Å². The molecule has 0 aromatic heterocycles. The average Bonchev–Trinajstić information content (AvgIpc) is 2.47. The van der Waals surface area contributed by atoms with Gasteiger partial charge in [0.1, 0.15) is 11.9 Å². The Morgan fingerprint density at radius 1 is 0.958 bits per heavy atom. The van der Waals surface area contributed by atoms with E-state index in [2.05, 4.69) is 0 Å². The number of rotatable bonds is 4. The second-order valence-corrected chi connectivity index (χ2v) is 6.51. The number of alkyl halides is 3. The van der Waals surface area contributed by atoms with Crippen molar-refractivity contribution in [2.75, 3.05) is 0 Å². The molecule has 1 atom stereocenters. The van der Waals surface area contributed by atoms with Crippen molar-refractivity contribution in [1.82, 2.24) is 4.72 Å². The summed E-state index contributed by atoms with van der Waals surface area (Å²) in [6.07, 6.45) is -4.98. The first kappa shape index (κ1) is 18.0. The summed E-state index contributed by atoms with van der Waals surface area (Å²) < 4.78 is 78.1. The second-order valence-electron chi connectivity index (χ2n) is 4.80. The smallest absolute Gasteiger partial charge is 0.408 e. The van der Waals surface area contributed by atoms with E-state index >= 15 is 0 Å². The fourth-order valence-corrected chi connectivity index (χ4v) is 3.10. The van der Waals surface area contributed by atoms with Crippen molar-refractivity contribution in [2.24, 2.45) is 0 Å². The first-order valence-electron chi connectivity index (χ1n) is 6.37. The third kappa shape index (κ3) is 3.95. The maximum absolute atomic E-state index is 13.2. The molecule has 24 heavy (non-hydrogen) atoms. The SMILES string of the molecule is O=S(=O)(N[C@H](c1ccc(F)cc1)C(F)(F)F)c1ccc(O)c(O)c1. The van der Waals surface area contributed by atoms with E-state index < -0.39 is 50.0 Å². The van der Waals surface area contributed by atoms with Crippen LogP contribution in [0, 0.1) is 5.82 Å². The molecular formula is C14H11F4NO4S. The van der Waals surface area contributed by atoms with Gasteiger partial charge in [-0.1, -0.05) is 12.1 Å². The predicted octanol–water partition coefficient (Wildman–Crippen LogP) is 2.82. The van der Waals surface area contributed by atoms with Crippen molar-refractivity contribution in [3.63, 3.8) is 0 Å². The summed E-state index contributed by atoms with van der Waals surface area (Å²) in [5.41, 5.74) is -0.504. The van der Waals surface area contributed by atoms with Crippen LogP contribution in [0.1, 0.15) is 11.6 Å². The average molecular weight is 365 g/mol. The van der Waals surface area contributed by atoms with Crippen LogP contribution in [0.5, 0.6) is 11.5 Å². The molecule has 5 nitrogen and oxygen atoms in total. The van der Waals surface area contributed by atoms with E-state index in [1.807, 2.05) is 0 Å². The lowest BCUT2D eigenvalue weighted by molar-refractivity contribution is -0.153. The lowest BCUT2D eigenvalue weighted by Crippen LogP contribution is -2.38. The summed E-state index contributed by atoms with van der Waals surface area (Å²) in [6.45, 7) is 0. The highest BCUT2D eigenvalue weighted by atomic mass is 32.2. The zero-order chi connectivity index (χ0) is 18.1. The molecule has 0 unspecified atom stereocenters. The second kappa shape index (κ2) is 6.29. The molecular weight excluding hydrogens is 354 g/mol. The van der Waals surface area contributed by atoms with E-state index in [-0.39, 0.29) is 0 Å². The van der Waals surface area contributed by atoms with Crippen LogP contribution in [0.4, 0.5) is 17.6 Å². The Bertz CT molecular complexity index is 835. The highest BCUT2D eigenvalue weighted by Crippen LogP contribution is 2.35. The highest BCUT2D eigenvalue weighted by molar-refractivity contribution is 7.89. The Kier molecular flexibility index (Phi) is 4.72. The van der Waals surface area contributed by atoms with Gasteiger partial charge in [-0.15, -0.1) is 0 Å². The molecule has 0 saturated carbocycles. The van der Waals surface area contributed by atoms with Crippen molar-refractivity contribution in [3.8, 4) is 11.5 Å². The van der Waals surface area contributed by atoms with E-state index in [0.29, 0.717) is 6.07 Å². The Morgan fingerprint density at radius 2 is 1.54 bits per heavy atom. The Labute approximate surface area is 134 Å². The third-order valence-electron chi connectivity index (χ3n) is 3.06. The van der Waals surface area contributed by atoms with Gasteiger partial charge < -0.3 is 10.2 Å². The summed E-state index contributed by atoms with van der Waals surface area (Å²) in [4.78, 5) is -0.672. The van der Waals surface area contributed by atoms with Gasteiger partial charge in [-0.2, -0.15) is 17.9 Å². The largest absolute Gasteiger partial charge is 0.504 e. The number of aromatic hydroxyl groups is 2. The molecule has 0 spiro atoms. The first-order chi connectivity index (χ1) is 11.0. The van der Waals surface area contributed by atoms with Crippen LogP contribution in [0.15, 0.2) is 47.4 Å². The van der Waals surface area contributed by atoms with Crippen LogP contribution < -0.4 is 4.72 Å². The molecule has 0 bridgehead atoms. The van der Waals surface area contributed by atoms with Gasteiger partial charge in [0.15, 0.2) is 11.5 Å². The molecule has 2 aromatic rings. The van der Waals surface area contributed by atoms with Gasteiger partial charge in [0.05, 0.1) is 4.90 Å². The van der Waals surface area contributed by atoms with Gasteiger partial charge in [-0.05, 0) is 29.8 Å². The van der Waals surface area contributed by atoms with E-state index in [9.17, 15) is 31.1 Å². The summed E-state index contributed by atoms with van der Waals surface area (Å²) in [6, 6.07) is 2.81. The number of hydrogen-bond acceptors (Lipinski definition) is 4. The number of benzene rings is 2. The van der Waals surface area contributed by atoms with Crippen LogP contribution in [0.25, 0.3) is 0 Å². The Balaban J connectivity index is 2.41. The summed E-state index contributed by atoms with van der Waals surface area (Å²) in [7, 11) is -4.68. The van der Waals surface area contributed by atoms with Gasteiger partial charge >= 0.3 is 6.18 Å². The quantitative estimate of drug-likeness (QED) is 0.574. The third-order valence-corrected chi connectivity index (χ3v) is 4.48. The number of halogens is 4. The van der Waals surface area contributed by atoms with Crippen molar-refractivity contribution < 1.29 is 36.2 Å². The van der Waals surface area contributed by atoms with Crippen LogP contribution >= 0.6 is 0 Å². The molecule has 0 aliphatic rings. The van der Waals surface area contributed by atoms with Crippen molar-refractivity contribution in [3.05, 3.63) is 53.8 Å². The number of phenolic OH excluding ortho intramolecular Hbond substituents is 2. The molecule has 0 heterocycles. The molecule has 0 aliphatic carbocycles. The van der Waals surface area contributed by atoms with E-state index in [0.717, 1.165) is 36.4 Å². The van der Waals surface area contributed by atoms with Crippen molar-refractivity contribution in [2.45, 2.75) is 17.1 Å². The monoisotopic (exact) mass is 365 g/mol. The number of hydrogen-bond donors (Lipinski definition) is 3. The molecule has 130 valence electrons. The number of nitrogens with one attached hydrogen (secondary N) is 1. The molecule has 10 heteroatoms. The van der Waals surface area contributed by atoms with Crippen LogP contribution in [0.2, 0.25) is 0 Å². The summed E-state index contributed by atoms with van der Waals surface area (Å²) in [5.74, 6) is -2.20. The molecule has 0 saturated heterocycles. The maximum atomic E-state index is 13.2. The zero-order valence-corrected chi connectivity index (χ0v) is 12.6. The number of phenols is 2. The normalized spacial score (nSPS) is 13.7. The molecule has 0 fully saturated rings. The summed E-state index contributed by atoms with van der Waals surface area (Å²) >= 11 is 0. The predicted molar refractivity (Wildman–Crippen MR) is 75.3 cm³/mol. The minimum Gasteiger partial charge on any atom is -0.504 e. The standard InChI is InChI=1S/C14H11F4NO4S/c15-9-3-1-8(2-4-9)13(14(16,17)18)19-24(22,23)10-5-6-11(20)12(21)7-10/h1-7,13,19-21H/t13-/m1/s1. The number of sulfonamides is 1. The van der Waals surface area contributed by atoms with E-state index in [1.165, 1.54) is 4.72 Å². The van der Waals surface area contributed by atoms with Crippen LogP contribution in [-0.4, -0.2) is 24.8 Å². The van der Waals surface area contributed by atoms with Gasteiger partial charge in [-0.3, -0.25) is 0 Å². The summed E-state index contributed by atoms with van der Waals surface area (Å²) in [5, 5.41) is 18.4. The molecule has 0 radical (unpaired) electrons. The maximum Gasteiger partial charge on any atom is 0.408 e. The first-order valence-corrected chi connectivity index (χ1v) is 7.85. The van der Waals surface area contributed by atoms with Gasteiger partial charge in [-0.25, -0.2) is 12.8 Å². The van der Waals surface area contributed by atoms with Crippen molar-refractivity contribution >= 4 is 10.0 Å². The molecule has 2 aromatic carbocycles. The lowest BCUT2D eigenvalue weighted by atomic mass is 10.1. The minimum absolute atomic E-state index is 0.504. The fraction of sp³-hybridized carbons (Fsp3) is 0.143. The van der Waals surface area contributed by atoms with Gasteiger partial charge in [0.2, 0.25) is 10.0 Å². The van der Waals surface area contributed by atoms with Crippen LogP contribution in [0.3, 0.4) is 0 Å². The zero-order valence-electron chi connectivity index (χ0n) is 11.7. The molecule has 0 amide bonds. The van der Waals surface area contributed by atoms with Crippen molar-refractivity contribution in [1.29, 1.82) is 0 Å². The Morgan fingerprint density at radius 3 is 2.04 bits per heavy atom. The van der Waals surface area contributed by atoms with E-state index in [1.54, 1.807) is 0 Å². The van der Waals surface area contributed by atoms with Gasteiger partial charge in [0, 0.05) is 6.07 Å². The highest BCUT2D eigenvalue weighted by Gasteiger charge is 2.43. The fourth-order valence-electron chi connectivity index (χ4n) is 1.87. The Hall–Kier alpha value is -2.33. The molecule has 2 rings (SSSR count). The topological polar surface area (TPSA) is 86.6 Å². The molecule has 0 aliphatic heterocycles.